The zero-order valence-electron chi connectivity index (χ0n) is 8.51. The molecule has 0 aliphatic heterocycles. The van der Waals surface area contributed by atoms with E-state index in [9.17, 15) is 13.2 Å². The molecule has 1 aromatic heterocycles. The molecule has 0 saturated heterocycles. The van der Waals surface area contributed by atoms with Gasteiger partial charge in [-0.1, -0.05) is 6.92 Å². The predicted octanol–water partition coefficient (Wildman–Crippen LogP) is 3.47. The molecule has 2 nitrogen and oxygen atoms in total. The maximum absolute atomic E-state index is 12.6. The van der Waals surface area contributed by atoms with Crippen LogP contribution in [-0.4, -0.2) is 10.7 Å². The Kier molecular flexibility index (Phi) is 4.19. The highest BCUT2D eigenvalue weighted by Gasteiger charge is 2.34. The van der Waals surface area contributed by atoms with Gasteiger partial charge < -0.3 is 0 Å². The normalized spacial score (nSPS) is 11.2. The van der Waals surface area contributed by atoms with Crippen LogP contribution in [0.2, 0.25) is 0 Å². The summed E-state index contributed by atoms with van der Waals surface area (Å²) in [5, 5.41) is 8.71. The highest BCUT2D eigenvalue weighted by Crippen LogP contribution is 2.37. The average molecular weight is 246 g/mol. The summed E-state index contributed by atoms with van der Waals surface area (Å²) in [6, 6.07) is 2.59. The summed E-state index contributed by atoms with van der Waals surface area (Å²) < 4.78 is 37.9. The Hall–Kier alpha value is -1.22. The van der Waals surface area contributed by atoms with Crippen molar-refractivity contribution in [3.8, 4) is 6.07 Å². The molecular formula is C10H9F3N2S. The van der Waals surface area contributed by atoms with Crippen molar-refractivity contribution in [1.29, 1.82) is 5.26 Å². The lowest BCUT2D eigenvalue weighted by Crippen LogP contribution is -2.09. The molecule has 0 N–H and O–H groups in total. The first kappa shape index (κ1) is 12.8. The number of nitriles is 1. The summed E-state index contributed by atoms with van der Waals surface area (Å²) in [5.74, 6) is 0.531. The van der Waals surface area contributed by atoms with E-state index < -0.39 is 11.7 Å². The lowest BCUT2D eigenvalue weighted by molar-refractivity contribution is -0.139. The second-order valence-corrected chi connectivity index (χ2v) is 4.10. The van der Waals surface area contributed by atoms with E-state index in [1.807, 2.05) is 6.92 Å². The largest absolute Gasteiger partial charge is 0.417 e. The first-order valence-electron chi connectivity index (χ1n) is 4.59. The number of alkyl halides is 3. The van der Waals surface area contributed by atoms with Gasteiger partial charge in [0.1, 0.15) is 6.07 Å². The van der Waals surface area contributed by atoms with Crippen LogP contribution in [0.4, 0.5) is 13.2 Å². The van der Waals surface area contributed by atoms with Crippen LogP contribution >= 0.6 is 11.8 Å². The molecule has 0 bridgehead atoms. The molecule has 1 rings (SSSR count). The molecule has 16 heavy (non-hydrogen) atoms. The predicted molar refractivity (Wildman–Crippen MR) is 55.0 cm³/mol. The van der Waals surface area contributed by atoms with Gasteiger partial charge in [-0.15, -0.1) is 11.8 Å². The van der Waals surface area contributed by atoms with Crippen LogP contribution in [-0.2, 0) is 6.18 Å². The Morgan fingerprint density at radius 2 is 2.19 bits per heavy atom. The molecule has 86 valence electrons. The van der Waals surface area contributed by atoms with Gasteiger partial charge in [-0.2, -0.15) is 18.4 Å². The minimum Gasteiger partial charge on any atom is -0.244 e. The molecule has 0 amide bonds. The van der Waals surface area contributed by atoms with Crippen molar-refractivity contribution in [2.75, 3.05) is 5.75 Å². The smallest absolute Gasteiger partial charge is 0.244 e. The van der Waals surface area contributed by atoms with Gasteiger partial charge in [0.15, 0.2) is 5.69 Å². The van der Waals surface area contributed by atoms with Crippen molar-refractivity contribution in [1.82, 2.24) is 4.98 Å². The van der Waals surface area contributed by atoms with Gasteiger partial charge in [-0.25, -0.2) is 4.98 Å². The number of hydrogen-bond acceptors (Lipinski definition) is 3. The number of thioether (sulfide) groups is 1. The molecule has 0 radical (unpaired) electrons. The summed E-state index contributed by atoms with van der Waals surface area (Å²) in [6.45, 7) is 1.86. The lowest BCUT2D eigenvalue weighted by Gasteiger charge is -2.12. The van der Waals surface area contributed by atoms with Crippen molar-refractivity contribution in [2.24, 2.45) is 0 Å². The molecule has 1 heterocycles. The Morgan fingerprint density at radius 1 is 1.50 bits per heavy atom. The van der Waals surface area contributed by atoms with Gasteiger partial charge in [0.05, 0.1) is 10.5 Å². The fraction of sp³-hybridized carbons (Fsp3) is 0.400. The number of pyridine rings is 1. The van der Waals surface area contributed by atoms with Crippen molar-refractivity contribution < 1.29 is 13.2 Å². The second-order valence-electron chi connectivity index (χ2n) is 2.99. The standard InChI is InChI=1S/C10H9F3N2S/c1-2-5-16-9-7(10(11,12)13)3-4-15-8(9)6-14/h3-4H,2,5H2,1H3. The Morgan fingerprint density at radius 3 is 2.69 bits per heavy atom. The average Bonchev–Trinajstić information content (AvgIpc) is 2.24. The van der Waals surface area contributed by atoms with Crippen molar-refractivity contribution in [3.63, 3.8) is 0 Å². The van der Waals surface area contributed by atoms with Crippen LogP contribution in [0.15, 0.2) is 17.2 Å². The molecule has 0 aromatic carbocycles. The molecule has 0 unspecified atom stereocenters. The second kappa shape index (κ2) is 5.21. The van der Waals surface area contributed by atoms with Crippen LogP contribution in [0.5, 0.6) is 0 Å². The summed E-state index contributed by atoms with van der Waals surface area (Å²) >= 11 is 1.02. The number of hydrogen-bond donors (Lipinski definition) is 0. The molecule has 0 fully saturated rings. The molecule has 0 atom stereocenters. The van der Waals surface area contributed by atoms with Crippen LogP contribution < -0.4 is 0 Å². The van der Waals surface area contributed by atoms with E-state index in [-0.39, 0.29) is 10.6 Å². The highest BCUT2D eigenvalue weighted by atomic mass is 32.2. The van der Waals surface area contributed by atoms with Crippen molar-refractivity contribution >= 4 is 11.8 Å². The van der Waals surface area contributed by atoms with E-state index in [1.165, 1.54) is 0 Å². The van der Waals surface area contributed by atoms with E-state index in [0.29, 0.717) is 5.75 Å². The summed E-state index contributed by atoms with van der Waals surface area (Å²) in [5.41, 5.74) is -0.939. The van der Waals surface area contributed by atoms with E-state index >= 15 is 0 Å². The van der Waals surface area contributed by atoms with Crippen molar-refractivity contribution in [2.45, 2.75) is 24.4 Å². The van der Waals surface area contributed by atoms with Gasteiger partial charge in [-0.05, 0) is 18.2 Å². The number of rotatable bonds is 3. The van der Waals surface area contributed by atoms with E-state index in [2.05, 4.69) is 4.98 Å². The fourth-order valence-electron chi connectivity index (χ4n) is 1.10. The Balaban J connectivity index is 3.22. The molecule has 1 aromatic rings. The van der Waals surface area contributed by atoms with Gasteiger partial charge in [-0.3, -0.25) is 0 Å². The highest BCUT2D eigenvalue weighted by molar-refractivity contribution is 7.99. The molecule has 0 spiro atoms. The SMILES string of the molecule is CCCSc1c(C(F)(F)F)ccnc1C#N. The maximum Gasteiger partial charge on any atom is 0.417 e. The van der Waals surface area contributed by atoms with E-state index in [4.69, 9.17) is 5.26 Å². The minimum absolute atomic E-state index is 0.0700. The zero-order valence-corrected chi connectivity index (χ0v) is 9.32. The topological polar surface area (TPSA) is 36.7 Å². The minimum atomic E-state index is -4.44. The maximum atomic E-state index is 12.6. The molecule has 0 aliphatic carbocycles. The van der Waals surface area contributed by atoms with Crippen LogP contribution in [0.1, 0.15) is 24.6 Å². The summed E-state index contributed by atoms with van der Waals surface area (Å²) in [7, 11) is 0. The van der Waals surface area contributed by atoms with Gasteiger partial charge in [0.2, 0.25) is 0 Å². The summed E-state index contributed by atoms with van der Waals surface area (Å²) in [4.78, 5) is 3.57. The third kappa shape index (κ3) is 2.89. The van der Waals surface area contributed by atoms with E-state index in [0.717, 1.165) is 30.4 Å². The number of halogens is 3. The first-order chi connectivity index (χ1) is 7.50. The summed E-state index contributed by atoms with van der Waals surface area (Å²) in [6.07, 6.45) is -2.69. The lowest BCUT2D eigenvalue weighted by atomic mass is 10.2. The fourth-order valence-corrected chi connectivity index (χ4v) is 2.08. The van der Waals surface area contributed by atoms with Crippen molar-refractivity contribution in [3.05, 3.63) is 23.5 Å². The monoisotopic (exact) mass is 246 g/mol. The third-order valence-corrected chi connectivity index (χ3v) is 3.08. The van der Waals surface area contributed by atoms with Crippen LogP contribution in [0.25, 0.3) is 0 Å². The number of nitrogens with zero attached hydrogens (tertiary/aromatic N) is 2. The number of aromatic nitrogens is 1. The van der Waals surface area contributed by atoms with Crippen LogP contribution in [0, 0.1) is 11.3 Å². The first-order valence-corrected chi connectivity index (χ1v) is 5.58. The Bertz CT molecular complexity index is 410. The molecule has 0 saturated carbocycles. The molecular weight excluding hydrogens is 237 g/mol. The van der Waals surface area contributed by atoms with E-state index in [1.54, 1.807) is 6.07 Å². The molecule has 6 heteroatoms. The zero-order chi connectivity index (χ0) is 12.2. The van der Waals surface area contributed by atoms with Crippen LogP contribution in [0.3, 0.4) is 0 Å². The van der Waals surface area contributed by atoms with Gasteiger partial charge >= 0.3 is 6.18 Å². The third-order valence-electron chi connectivity index (χ3n) is 1.77. The molecule has 0 aliphatic rings. The van der Waals surface area contributed by atoms with Gasteiger partial charge in [0, 0.05) is 6.20 Å². The van der Waals surface area contributed by atoms with Gasteiger partial charge in [0.25, 0.3) is 0 Å². The quantitative estimate of drug-likeness (QED) is 0.766. The Labute approximate surface area is 95.5 Å².